The Bertz CT molecular complexity index is 600. The van der Waals surface area contributed by atoms with Gasteiger partial charge < -0.3 is 10.2 Å². The molecule has 0 saturated carbocycles. The Morgan fingerprint density at radius 1 is 1.40 bits per heavy atom. The van der Waals surface area contributed by atoms with Crippen LogP contribution in [0.4, 0.5) is 0 Å². The van der Waals surface area contributed by atoms with E-state index in [9.17, 15) is 18.3 Å². The fraction of sp³-hybridized carbons (Fsp3) is 0.417. The Balaban J connectivity index is 3.13. The standard InChI is InChI=1S/C12H16BrNO5S/c1-7(2)10(6-15)14-20(18,19)11-4-3-8(12(16)17)5-9(11)13/h3-5,7,10,14-15H,6H2,1-2H3,(H,16,17). The van der Waals surface area contributed by atoms with Gasteiger partial charge in [-0.2, -0.15) is 0 Å². The summed E-state index contributed by atoms with van der Waals surface area (Å²) in [7, 11) is -3.84. The summed E-state index contributed by atoms with van der Waals surface area (Å²) in [6, 6.07) is 3.04. The fourth-order valence-corrected chi connectivity index (χ4v) is 3.95. The molecular weight excluding hydrogens is 350 g/mol. The molecule has 1 rings (SSSR count). The van der Waals surface area contributed by atoms with E-state index in [4.69, 9.17) is 5.11 Å². The number of aliphatic hydroxyl groups excluding tert-OH is 1. The number of carboxylic acid groups (broad SMARTS) is 1. The highest BCUT2D eigenvalue weighted by Gasteiger charge is 2.24. The first-order valence-electron chi connectivity index (χ1n) is 5.85. The van der Waals surface area contributed by atoms with Gasteiger partial charge in [-0.15, -0.1) is 0 Å². The lowest BCUT2D eigenvalue weighted by molar-refractivity contribution is 0.0696. The lowest BCUT2D eigenvalue weighted by Crippen LogP contribution is -2.41. The van der Waals surface area contributed by atoms with E-state index in [1.54, 1.807) is 13.8 Å². The van der Waals surface area contributed by atoms with E-state index >= 15 is 0 Å². The van der Waals surface area contributed by atoms with Gasteiger partial charge in [0.25, 0.3) is 0 Å². The Morgan fingerprint density at radius 3 is 2.40 bits per heavy atom. The molecule has 1 aromatic carbocycles. The van der Waals surface area contributed by atoms with Gasteiger partial charge in [0.15, 0.2) is 0 Å². The third-order valence-corrected chi connectivity index (χ3v) is 5.24. The molecule has 0 bridgehead atoms. The molecule has 0 amide bonds. The summed E-state index contributed by atoms with van der Waals surface area (Å²) in [6.07, 6.45) is 0. The van der Waals surface area contributed by atoms with Crippen molar-refractivity contribution >= 4 is 31.9 Å². The number of nitrogens with one attached hydrogen (secondary N) is 1. The minimum Gasteiger partial charge on any atom is -0.478 e. The molecule has 0 heterocycles. The van der Waals surface area contributed by atoms with Crippen molar-refractivity contribution in [1.82, 2.24) is 4.72 Å². The summed E-state index contributed by atoms with van der Waals surface area (Å²) >= 11 is 3.06. The van der Waals surface area contributed by atoms with Crippen molar-refractivity contribution in [2.24, 2.45) is 5.92 Å². The van der Waals surface area contributed by atoms with E-state index < -0.39 is 22.0 Å². The van der Waals surface area contributed by atoms with Crippen molar-refractivity contribution in [1.29, 1.82) is 0 Å². The van der Waals surface area contributed by atoms with Crippen molar-refractivity contribution in [3.05, 3.63) is 28.2 Å². The van der Waals surface area contributed by atoms with Crippen molar-refractivity contribution in [2.75, 3.05) is 6.61 Å². The first-order valence-corrected chi connectivity index (χ1v) is 8.12. The molecule has 1 aromatic rings. The third-order valence-electron chi connectivity index (χ3n) is 2.78. The Kier molecular flexibility index (Phi) is 5.69. The number of halogens is 1. The molecule has 112 valence electrons. The Morgan fingerprint density at radius 2 is 2.00 bits per heavy atom. The maximum Gasteiger partial charge on any atom is 0.335 e. The summed E-state index contributed by atoms with van der Waals surface area (Å²) < 4.78 is 27.0. The second kappa shape index (κ2) is 6.66. The number of rotatable bonds is 6. The number of benzene rings is 1. The molecule has 0 radical (unpaired) electrons. The summed E-state index contributed by atoms with van der Waals surface area (Å²) in [5, 5.41) is 18.0. The van der Waals surface area contributed by atoms with Crippen LogP contribution >= 0.6 is 15.9 Å². The molecule has 0 fully saturated rings. The number of aliphatic hydroxyl groups is 1. The molecule has 0 aliphatic heterocycles. The maximum absolute atomic E-state index is 12.2. The van der Waals surface area contributed by atoms with Crippen LogP contribution in [0.5, 0.6) is 0 Å². The first kappa shape index (κ1) is 17.1. The van der Waals surface area contributed by atoms with Crippen LogP contribution in [-0.2, 0) is 10.0 Å². The molecule has 3 N–H and O–H groups in total. The number of hydrogen-bond acceptors (Lipinski definition) is 4. The highest BCUT2D eigenvalue weighted by atomic mass is 79.9. The van der Waals surface area contributed by atoms with Gasteiger partial charge in [0.2, 0.25) is 10.0 Å². The van der Waals surface area contributed by atoms with Crippen LogP contribution in [0, 0.1) is 5.92 Å². The lowest BCUT2D eigenvalue weighted by Gasteiger charge is -2.20. The monoisotopic (exact) mass is 365 g/mol. The van der Waals surface area contributed by atoms with Crippen LogP contribution in [0.2, 0.25) is 0 Å². The van der Waals surface area contributed by atoms with Crippen LogP contribution in [0.3, 0.4) is 0 Å². The van der Waals surface area contributed by atoms with E-state index in [-0.39, 0.29) is 27.5 Å². The van der Waals surface area contributed by atoms with Crippen LogP contribution in [0.15, 0.2) is 27.6 Å². The average molecular weight is 366 g/mol. The summed E-state index contributed by atoms with van der Waals surface area (Å²) in [5.74, 6) is -1.22. The van der Waals surface area contributed by atoms with Gasteiger partial charge in [-0.1, -0.05) is 13.8 Å². The topological polar surface area (TPSA) is 104 Å². The van der Waals surface area contributed by atoms with Crippen LogP contribution in [0.1, 0.15) is 24.2 Å². The average Bonchev–Trinajstić information content (AvgIpc) is 2.35. The van der Waals surface area contributed by atoms with Gasteiger partial charge in [-0.3, -0.25) is 0 Å². The van der Waals surface area contributed by atoms with E-state index in [0.717, 1.165) is 0 Å². The van der Waals surface area contributed by atoms with E-state index in [1.807, 2.05) is 0 Å². The number of sulfonamides is 1. The Hall–Kier alpha value is -0.960. The van der Waals surface area contributed by atoms with Crippen LogP contribution in [-0.4, -0.2) is 37.2 Å². The zero-order chi connectivity index (χ0) is 15.5. The van der Waals surface area contributed by atoms with Crippen LogP contribution < -0.4 is 4.72 Å². The molecule has 0 spiro atoms. The third kappa shape index (κ3) is 4.02. The fourth-order valence-electron chi connectivity index (χ4n) is 1.50. The van der Waals surface area contributed by atoms with E-state index in [1.165, 1.54) is 18.2 Å². The highest BCUT2D eigenvalue weighted by Crippen LogP contribution is 2.24. The van der Waals surface area contributed by atoms with Crippen LogP contribution in [0.25, 0.3) is 0 Å². The minimum absolute atomic E-state index is 0.0154. The number of hydrogen-bond donors (Lipinski definition) is 3. The first-order chi connectivity index (χ1) is 9.19. The molecule has 6 nitrogen and oxygen atoms in total. The molecule has 0 saturated heterocycles. The molecule has 8 heteroatoms. The SMILES string of the molecule is CC(C)C(CO)NS(=O)(=O)c1ccc(C(=O)O)cc1Br. The smallest absolute Gasteiger partial charge is 0.335 e. The molecule has 0 aliphatic rings. The zero-order valence-corrected chi connectivity index (χ0v) is 13.4. The van der Waals surface area contributed by atoms with Gasteiger partial charge in [-0.25, -0.2) is 17.9 Å². The van der Waals surface area contributed by atoms with Gasteiger partial charge in [0, 0.05) is 10.5 Å². The lowest BCUT2D eigenvalue weighted by atomic mass is 10.1. The molecule has 20 heavy (non-hydrogen) atoms. The van der Waals surface area contributed by atoms with Gasteiger partial charge in [0.05, 0.1) is 17.1 Å². The molecule has 0 aliphatic carbocycles. The normalized spacial score (nSPS) is 13.4. The van der Waals surface area contributed by atoms with Gasteiger partial charge in [0.1, 0.15) is 0 Å². The summed E-state index contributed by atoms with van der Waals surface area (Å²) in [4.78, 5) is 10.7. The van der Waals surface area contributed by atoms with Crippen molar-refractivity contribution in [3.63, 3.8) is 0 Å². The van der Waals surface area contributed by atoms with E-state index in [2.05, 4.69) is 20.7 Å². The Labute approximate surface area is 126 Å². The molecule has 1 atom stereocenters. The highest BCUT2D eigenvalue weighted by molar-refractivity contribution is 9.10. The predicted octanol–water partition coefficient (Wildman–Crippen LogP) is 1.44. The number of carbonyl (C=O) groups is 1. The molecule has 1 unspecified atom stereocenters. The van der Waals surface area contributed by atoms with Gasteiger partial charge in [-0.05, 0) is 40.0 Å². The minimum atomic E-state index is -3.84. The van der Waals surface area contributed by atoms with Crippen molar-refractivity contribution in [2.45, 2.75) is 24.8 Å². The summed E-state index contributed by atoms with van der Waals surface area (Å²) in [6.45, 7) is 3.25. The predicted molar refractivity (Wildman–Crippen MR) is 77.1 cm³/mol. The zero-order valence-electron chi connectivity index (χ0n) is 11.0. The second-order valence-corrected chi connectivity index (χ2v) is 7.14. The number of aromatic carboxylic acids is 1. The quantitative estimate of drug-likeness (QED) is 0.707. The van der Waals surface area contributed by atoms with Crippen molar-refractivity contribution < 1.29 is 23.4 Å². The summed E-state index contributed by atoms with van der Waals surface area (Å²) in [5.41, 5.74) is -0.0154. The van der Waals surface area contributed by atoms with Crippen molar-refractivity contribution in [3.8, 4) is 0 Å². The largest absolute Gasteiger partial charge is 0.478 e. The second-order valence-electron chi connectivity index (χ2n) is 4.60. The van der Waals surface area contributed by atoms with E-state index in [0.29, 0.717) is 0 Å². The molecular formula is C12H16BrNO5S. The van der Waals surface area contributed by atoms with Gasteiger partial charge >= 0.3 is 5.97 Å². The number of carboxylic acids is 1. The molecule has 0 aromatic heterocycles. The maximum atomic E-state index is 12.2.